The molecule has 1 fully saturated rings. The minimum absolute atomic E-state index is 0.123. The van der Waals surface area contributed by atoms with Gasteiger partial charge >= 0.3 is 0 Å². The summed E-state index contributed by atoms with van der Waals surface area (Å²) >= 11 is 0. The van der Waals surface area contributed by atoms with Crippen LogP contribution in [0.5, 0.6) is 0 Å². The summed E-state index contributed by atoms with van der Waals surface area (Å²) in [6.45, 7) is 2.08. The molecule has 3 aliphatic rings. The minimum Gasteiger partial charge on any atom is -0.387 e. The van der Waals surface area contributed by atoms with E-state index >= 15 is 0 Å². The zero-order valence-corrected chi connectivity index (χ0v) is 19.6. The monoisotopic (exact) mass is 504 g/mol. The van der Waals surface area contributed by atoms with Crippen molar-refractivity contribution >= 4 is 17.5 Å². The average molecular weight is 504 g/mol. The first kappa shape index (κ1) is 24.0. The van der Waals surface area contributed by atoms with Crippen molar-refractivity contribution in [3.63, 3.8) is 0 Å². The first-order valence-corrected chi connectivity index (χ1v) is 11.4. The maximum atomic E-state index is 14.2. The highest BCUT2D eigenvalue weighted by atomic mass is 19.2. The van der Waals surface area contributed by atoms with E-state index in [0.29, 0.717) is 49.5 Å². The number of carbonyl (C=O) groups is 2. The second kappa shape index (κ2) is 8.77. The zero-order valence-electron chi connectivity index (χ0n) is 19.6. The van der Waals surface area contributed by atoms with Gasteiger partial charge in [-0.05, 0) is 25.8 Å². The number of fused-ring (bicyclic) bond motifs is 5. The molecular formula is C24H23F3N4O5. The lowest BCUT2D eigenvalue weighted by molar-refractivity contribution is -0.102. The predicted molar refractivity (Wildman–Crippen MR) is 120 cm³/mol. The van der Waals surface area contributed by atoms with E-state index in [4.69, 9.17) is 9.68 Å². The molecule has 0 N–H and O–H groups in total. The van der Waals surface area contributed by atoms with E-state index < -0.39 is 47.0 Å². The first-order chi connectivity index (χ1) is 17.1. The fraction of sp³-hybridized carbons (Fsp3) is 0.417. The molecule has 0 saturated carbocycles. The standard InChI is InChI=1S/C24H23F3N4O5/c1-13-9-24(36-28-13)4-3-5-29-12-21(24)30-11-15(20(32)8-19(30)23(29)34)22(33)31(35-2)10-14-6-17(26)18(27)7-16(14)25/h6-8,11,21H,3-5,9-10,12H2,1-2H3. The van der Waals surface area contributed by atoms with Gasteiger partial charge in [0.1, 0.15) is 17.1 Å². The Hall–Kier alpha value is -3.67. The lowest BCUT2D eigenvalue weighted by Gasteiger charge is -2.41. The molecule has 2 aromatic rings. The van der Waals surface area contributed by atoms with Crippen LogP contribution in [0.25, 0.3) is 0 Å². The molecule has 0 aliphatic carbocycles. The molecule has 4 heterocycles. The van der Waals surface area contributed by atoms with Crippen molar-refractivity contribution < 1.29 is 32.4 Å². The molecule has 2 unspecified atom stereocenters. The molecule has 1 saturated heterocycles. The Morgan fingerprint density at radius 3 is 2.67 bits per heavy atom. The fourth-order valence-electron chi connectivity index (χ4n) is 5.20. The number of aromatic nitrogens is 1. The van der Waals surface area contributed by atoms with Crippen LogP contribution in [0.2, 0.25) is 0 Å². The predicted octanol–water partition coefficient (Wildman–Crippen LogP) is 2.80. The molecule has 2 atom stereocenters. The molecule has 1 spiro atoms. The number of oxime groups is 1. The van der Waals surface area contributed by atoms with E-state index in [1.165, 1.54) is 6.20 Å². The number of nitrogens with zero attached hydrogens (tertiary/aromatic N) is 4. The van der Waals surface area contributed by atoms with E-state index in [1.807, 2.05) is 6.92 Å². The number of hydrogen-bond donors (Lipinski definition) is 0. The summed E-state index contributed by atoms with van der Waals surface area (Å²) in [4.78, 5) is 51.9. The molecule has 1 aromatic heterocycles. The number of halogens is 3. The van der Waals surface area contributed by atoms with E-state index in [-0.39, 0.29) is 22.7 Å². The molecule has 0 radical (unpaired) electrons. The minimum atomic E-state index is -1.37. The van der Waals surface area contributed by atoms with Gasteiger partial charge in [0.15, 0.2) is 22.7 Å². The number of pyridine rings is 1. The van der Waals surface area contributed by atoms with Gasteiger partial charge in [0, 0.05) is 43.4 Å². The lowest BCUT2D eigenvalue weighted by Crippen LogP contribution is -2.51. The number of carbonyl (C=O) groups excluding carboxylic acids is 2. The van der Waals surface area contributed by atoms with Crippen molar-refractivity contribution in [2.24, 2.45) is 5.16 Å². The number of benzene rings is 1. The summed E-state index contributed by atoms with van der Waals surface area (Å²) in [5.41, 5.74) is -1.22. The molecule has 5 rings (SSSR count). The molecule has 9 nitrogen and oxygen atoms in total. The summed E-state index contributed by atoms with van der Waals surface area (Å²) < 4.78 is 42.7. The Labute approximate surface area is 203 Å². The average Bonchev–Trinajstić information content (AvgIpc) is 3.13. The summed E-state index contributed by atoms with van der Waals surface area (Å²) in [6.07, 6.45) is 3.13. The van der Waals surface area contributed by atoms with Gasteiger partial charge in [-0.3, -0.25) is 19.2 Å². The van der Waals surface area contributed by atoms with Crippen LogP contribution in [0.3, 0.4) is 0 Å². The molecule has 190 valence electrons. The van der Waals surface area contributed by atoms with Gasteiger partial charge in [0.05, 0.1) is 25.4 Å². The van der Waals surface area contributed by atoms with Crippen molar-refractivity contribution in [2.75, 3.05) is 20.2 Å². The van der Waals surface area contributed by atoms with Gasteiger partial charge in [-0.15, -0.1) is 0 Å². The molecule has 2 bridgehead atoms. The highest BCUT2D eigenvalue weighted by molar-refractivity contribution is 5.96. The van der Waals surface area contributed by atoms with Crippen LogP contribution in [0.15, 0.2) is 34.3 Å². The number of hydrogen-bond acceptors (Lipinski definition) is 6. The molecule has 2 amide bonds. The van der Waals surface area contributed by atoms with Gasteiger partial charge in [-0.2, -0.15) is 0 Å². The second-order valence-corrected chi connectivity index (χ2v) is 9.26. The summed E-state index contributed by atoms with van der Waals surface area (Å²) in [5.74, 6) is -5.00. The molecule has 12 heteroatoms. The highest BCUT2D eigenvalue weighted by Gasteiger charge is 2.51. The Balaban J connectivity index is 1.54. The second-order valence-electron chi connectivity index (χ2n) is 9.26. The van der Waals surface area contributed by atoms with Crippen LogP contribution < -0.4 is 5.43 Å². The molecule has 1 aromatic carbocycles. The number of hydroxylamine groups is 2. The Morgan fingerprint density at radius 1 is 1.22 bits per heavy atom. The largest absolute Gasteiger partial charge is 0.387 e. The van der Waals surface area contributed by atoms with Crippen LogP contribution in [0.1, 0.15) is 58.6 Å². The SMILES string of the molecule is CON(Cc1cc(F)c(F)cc1F)C(=O)c1cn2c(cc1=O)C(=O)N1CCCC3(CC(C)=NO3)C2C1. The molecule has 36 heavy (non-hydrogen) atoms. The van der Waals surface area contributed by atoms with Crippen molar-refractivity contribution in [1.82, 2.24) is 14.5 Å². The summed E-state index contributed by atoms with van der Waals surface area (Å²) in [5, 5.41) is 4.79. The third kappa shape index (κ3) is 3.85. The summed E-state index contributed by atoms with van der Waals surface area (Å²) in [7, 11) is 1.12. The van der Waals surface area contributed by atoms with E-state index in [0.717, 1.165) is 18.9 Å². The van der Waals surface area contributed by atoms with Crippen LogP contribution >= 0.6 is 0 Å². The normalized spacial score (nSPS) is 22.7. The third-order valence-corrected chi connectivity index (χ3v) is 6.97. The van der Waals surface area contributed by atoms with Gasteiger partial charge < -0.3 is 14.3 Å². The molecular weight excluding hydrogens is 481 g/mol. The Bertz CT molecular complexity index is 1360. The van der Waals surface area contributed by atoms with Crippen molar-refractivity contribution in [1.29, 1.82) is 0 Å². The van der Waals surface area contributed by atoms with Gasteiger partial charge in [-0.1, -0.05) is 5.16 Å². The van der Waals surface area contributed by atoms with Gasteiger partial charge in [0.2, 0.25) is 0 Å². The van der Waals surface area contributed by atoms with Crippen molar-refractivity contribution in [3.8, 4) is 0 Å². The van der Waals surface area contributed by atoms with Crippen LogP contribution in [0.4, 0.5) is 13.2 Å². The quantitative estimate of drug-likeness (QED) is 0.472. The Morgan fingerprint density at radius 2 is 1.97 bits per heavy atom. The van der Waals surface area contributed by atoms with Gasteiger partial charge in [0.25, 0.3) is 11.8 Å². The topological polar surface area (TPSA) is 93.4 Å². The fourth-order valence-corrected chi connectivity index (χ4v) is 5.20. The van der Waals surface area contributed by atoms with Crippen LogP contribution in [-0.2, 0) is 16.2 Å². The van der Waals surface area contributed by atoms with Crippen LogP contribution in [-0.4, -0.2) is 57.9 Å². The number of rotatable bonds is 4. The van der Waals surface area contributed by atoms with Crippen molar-refractivity contribution in [3.05, 3.63) is 68.9 Å². The van der Waals surface area contributed by atoms with Crippen molar-refractivity contribution in [2.45, 2.75) is 44.4 Å². The van der Waals surface area contributed by atoms with E-state index in [9.17, 15) is 27.6 Å². The summed E-state index contributed by atoms with van der Waals surface area (Å²) in [6, 6.07) is 1.67. The maximum absolute atomic E-state index is 14.2. The lowest BCUT2D eigenvalue weighted by atomic mass is 9.84. The maximum Gasteiger partial charge on any atom is 0.283 e. The molecule has 3 aliphatic heterocycles. The number of amides is 2. The highest BCUT2D eigenvalue weighted by Crippen LogP contribution is 2.43. The third-order valence-electron chi connectivity index (χ3n) is 6.97. The van der Waals surface area contributed by atoms with E-state index in [1.54, 1.807) is 9.47 Å². The smallest absolute Gasteiger partial charge is 0.283 e. The van der Waals surface area contributed by atoms with Gasteiger partial charge in [-0.25, -0.2) is 18.2 Å². The first-order valence-electron chi connectivity index (χ1n) is 11.4. The van der Waals surface area contributed by atoms with Crippen LogP contribution in [0, 0.1) is 17.5 Å². The Kier molecular flexibility index (Phi) is 5.86. The van der Waals surface area contributed by atoms with E-state index in [2.05, 4.69) is 5.16 Å². The zero-order chi connectivity index (χ0) is 25.8.